The van der Waals surface area contributed by atoms with Gasteiger partial charge < -0.3 is 10.1 Å². The minimum atomic E-state index is -0.906. The van der Waals surface area contributed by atoms with E-state index in [0.717, 1.165) is 0 Å². The quantitative estimate of drug-likeness (QED) is 0.419. The van der Waals surface area contributed by atoms with Gasteiger partial charge in [-0.2, -0.15) is 0 Å². The summed E-state index contributed by atoms with van der Waals surface area (Å²) in [6, 6.07) is 11.3. The van der Waals surface area contributed by atoms with E-state index in [2.05, 4.69) is 10.6 Å². The Morgan fingerprint density at radius 1 is 1.00 bits per heavy atom. The van der Waals surface area contributed by atoms with E-state index in [1.54, 1.807) is 44.2 Å². The lowest BCUT2D eigenvalue weighted by Gasteiger charge is -2.34. The Kier molecular flexibility index (Phi) is 6.07. The van der Waals surface area contributed by atoms with Crippen LogP contribution < -0.4 is 10.6 Å². The number of allylic oxidation sites excluding steroid dienone is 1. The van der Waals surface area contributed by atoms with Crippen LogP contribution in [0.4, 0.5) is 11.4 Å². The predicted octanol–water partition coefficient (Wildman–Crippen LogP) is 3.27. The molecule has 0 aromatic heterocycles. The van der Waals surface area contributed by atoms with Crippen molar-refractivity contribution in [3.05, 3.63) is 91.2 Å². The zero-order valence-corrected chi connectivity index (χ0v) is 16.3. The summed E-state index contributed by atoms with van der Waals surface area (Å²) in [5.41, 5.74) is 0.909. The van der Waals surface area contributed by atoms with Crippen LogP contribution in [0.2, 0.25) is 0 Å². The van der Waals surface area contributed by atoms with Gasteiger partial charge in [0.25, 0.3) is 11.4 Å². The first kappa shape index (κ1) is 20.9. The maximum Gasteiger partial charge on any atom is 0.337 e. The SMILES string of the molecule is CCOC(=O)C1=C(C)N[C@@H](c2ccccc2[N+](=O)[O-])N[C@H]1c1ccccc1[N+](=O)[O-]. The van der Waals surface area contributed by atoms with Gasteiger partial charge in [0.2, 0.25) is 0 Å². The Hall–Kier alpha value is -3.79. The van der Waals surface area contributed by atoms with Gasteiger partial charge in [-0.25, -0.2) is 4.79 Å². The molecule has 2 N–H and O–H groups in total. The molecule has 0 spiro atoms. The summed E-state index contributed by atoms with van der Waals surface area (Å²) in [5, 5.41) is 29.2. The minimum Gasteiger partial charge on any atom is -0.463 e. The first-order chi connectivity index (χ1) is 14.3. The molecule has 1 heterocycles. The zero-order chi connectivity index (χ0) is 21.8. The van der Waals surface area contributed by atoms with Crippen LogP contribution in [0.15, 0.2) is 59.8 Å². The van der Waals surface area contributed by atoms with Crippen LogP contribution in [0.5, 0.6) is 0 Å². The largest absolute Gasteiger partial charge is 0.463 e. The van der Waals surface area contributed by atoms with Crippen LogP contribution in [0.3, 0.4) is 0 Å². The molecule has 0 unspecified atom stereocenters. The number of hydrogen-bond donors (Lipinski definition) is 2. The Labute approximate surface area is 171 Å². The third kappa shape index (κ3) is 3.98. The average molecular weight is 412 g/mol. The first-order valence-corrected chi connectivity index (χ1v) is 9.22. The Morgan fingerprint density at radius 2 is 1.53 bits per heavy atom. The number of carbonyl (C=O) groups excluding carboxylic acids is 1. The summed E-state index contributed by atoms with van der Waals surface area (Å²) in [4.78, 5) is 34.7. The highest BCUT2D eigenvalue weighted by atomic mass is 16.6. The van der Waals surface area contributed by atoms with Crippen molar-refractivity contribution in [3.8, 4) is 0 Å². The molecule has 3 rings (SSSR count). The topological polar surface area (TPSA) is 137 Å². The molecule has 0 saturated heterocycles. The van der Waals surface area contributed by atoms with Crippen LogP contribution in [0.25, 0.3) is 0 Å². The molecule has 2 aromatic rings. The van der Waals surface area contributed by atoms with Crippen molar-refractivity contribution in [2.45, 2.75) is 26.1 Å². The molecule has 156 valence electrons. The molecule has 10 heteroatoms. The monoisotopic (exact) mass is 412 g/mol. The molecule has 1 aliphatic heterocycles. The second kappa shape index (κ2) is 8.70. The van der Waals surface area contributed by atoms with Crippen LogP contribution in [0, 0.1) is 20.2 Å². The lowest BCUT2D eigenvalue weighted by Crippen LogP contribution is -2.44. The van der Waals surface area contributed by atoms with Gasteiger partial charge in [0, 0.05) is 17.8 Å². The molecule has 0 radical (unpaired) electrons. The number of benzene rings is 2. The molecular formula is C20H20N4O6. The van der Waals surface area contributed by atoms with Crippen LogP contribution >= 0.6 is 0 Å². The second-order valence-electron chi connectivity index (χ2n) is 6.57. The van der Waals surface area contributed by atoms with Crippen molar-refractivity contribution in [2.24, 2.45) is 0 Å². The van der Waals surface area contributed by atoms with Crippen LogP contribution in [-0.2, 0) is 9.53 Å². The second-order valence-corrected chi connectivity index (χ2v) is 6.57. The first-order valence-electron chi connectivity index (χ1n) is 9.22. The van der Waals surface area contributed by atoms with E-state index in [0.29, 0.717) is 11.3 Å². The third-order valence-corrected chi connectivity index (χ3v) is 4.77. The van der Waals surface area contributed by atoms with Gasteiger partial charge in [-0.3, -0.25) is 25.5 Å². The van der Waals surface area contributed by atoms with Gasteiger partial charge in [-0.1, -0.05) is 30.3 Å². The number of rotatable bonds is 6. The fourth-order valence-corrected chi connectivity index (χ4v) is 3.49. The molecule has 30 heavy (non-hydrogen) atoms. The number of nitro groups is 2. The molecule has 2 atom stereocenters. The van der Waals surface area contributed by atoms with E-state index < -0.39 is 28.0 Å². The molecule has 10 nitrogen and oxygen atoms in total. The predicted molar refractivity (Wildman–Crippen MR) is 107 cm³/mol. The molecule has 0 aliphatic carbocycles. The van der Waals surface area contributed by atoms with E-state index in [4.69, 9.17) is 4.74 Å². The van der Waals surface area contributed by atoms with E-state index in [1.165, 1.54) is 18.2 Å². The van der Waals surface area contributed by atoms with Gasteiger partial charge in [0.15, 0.2) is 0 Å². The zero-order valence-electron chi connectivity index (χ0n) is 16.3. The van der Waals surface area contributed by atoms with Crippen molar-refractivity contribution < 1.29 is 19.4 Å². The van der Waals surface area contributed by atoms with Gasteiger partial charge in [0.1, 0.15) is 6.17 Å². The van der Waals surface area contributed by atoms with Crippen molar-refractivity contribution in [3.63, 3.8) is 0 Å². The number of nitro benzene ring substituents is 2. The van der Waals surface area contributed by atoms with E-state index in [-0.39, 0.29) is 29.1 Å². The van der Waals surface area contributed by atoms with Crippen molar-refractivity contribution in [2.75, 3.05) is 6.61 Å². The minimum absolute atomic E-state index is 0.115. The summed E-state index contributed by atoms with van der Waals surface area (Å²) in [6.07, 6.45) is -0.755. The maximum absolute atomic E-state index is 12.7. The smallest absolute Gasteiger partial charge is 0.337 e. The fraction of sp³-hybridized carbons (Fsp3) is 0.250. The number of ether oxygens (including phenoxy) is 1. The number of carbonyl (C=O) groups is 1. The normalized spacial score (nSPS) is 18.5. The molecule has 1 aliphatic rings. The summed E-state index contributed by atoms with van der Waals surface area (Å²) in [6.45, 7) is 3.43. The standard InChI is InChI=1S/C20H20N4O6/c1-3-30-20(25)17-12(2)21-19(14-9-5-7-11-16(14)24(28)29)22-18(17)13-8-4-6-10-15(13)23(26)27/h4-11,18-19,21-22H,3H2,1-2H3/t18-,19+/m0/s1. The molecular weight excluding hydrogens is 392 g/mol. The fourth-order valence-electron chi connectivity index (χ4n) is 3.49. The molecule has 2 aromatic carbocycles. The van der Waals surface area contributed by atoms with E-state index >= 15 is 0 Å². The highest BCUT2D eigenvalue weighted by Gasteiger charge is 2.38. The lowest BCUT2D eigenvalue weighted by atomic mass is 9.92. The van der Waals surface area contributed by atoms with Crippen molar-refractivity contribution in [1.29, 1.82) is 0 Å². The maximum atomic E-state index is 12.7. The number of nitrogens with one attached hydrogen (secondary N) is 2. The highest BCUT2D eigenvalue weighted by Crippen LogP contribution is 2.37. The summed E-state index contributed by atoms with van der Waals surface area (Å²) in [5.74, 6) is -0.626. The van der Waals surface area contributed by atoms with Crippen LogP contribution in [-0.4, -0.2) is 22.4 Å². The molecule has 0 saturated carbocycles. The van der Waals surface area contributed by atoms with Gasteiger partial charge in [-0.15, -0.1) is 0 Å². The number of esters is 1. The summed E-state index contributed by atoms with van der Waals surface area (Å²) in [7, 11) is 0. The Morgan fingerprint density at radius 3 is 2.10 bits per heavy atom. The van der Waals surface area contributed by atoms with E-state index in [1.807, 2.05) is 0 Å². The van der Waals surface area contributed by atoms with Crippen molar-refractivity contribution >= 4 is 17.3 Å². The number of hydrogen-bond acceptors (Lipinski definition) is 8. The summed E-state index contributed by atoms with van der Waals surface area (Å²) < 4.78 is 5.15. The molecule has 0 fully saturated rings. The number of nitrogens with zero attached hydrogens (tertiary/aromatic N) is 2. The van der Waals surface area contributed by atoms with Gasteiger partial charge in [0.05, 0.1) is 39.2 Å². The van der Waals surface area contributed by atoms with E-state index in [9.17, 15) is 25.0 Å². The Balaban J connectivity index is 2.15. The average Bonchev–Trinajstić information content (AvgIpc) is 2.73. The van der Waals surface area contributed by atoms with Gasteiger partial charge in [-0.05, 0) is 19.9 Å². The van der Waals surface area contributed by atoms with Gasteiger partial charge >= 0.3 is 5.97 Å². The molecule has 0 amide bonds. The Bertz CT molecular complexity index is 1040. The van der Waals surface area contributed by atoms with Crippen molar-refractivity contribution in [1.82, 2.24) is 10.6 Å². The lowest BCUT2D eigenvalue weighted by molar-refractivity contribution is -0.386. The number of para-hydroxylation sites is 2. The molecule has 0 bridgehead atoms. The highest BCUT2D eigenvalue weighted by molar-refractivity contribution is 5.91. The van der Waals surface area contributed by atoms with Crippen LogP contribution in [0.1, 0.15) is 37.2 Å². The third-order valence-electron chi connectivity index (χ3n) is 4.77. The summed E-state index contributed by atoms with van der Waals surface area (Å²) >= 11 is 0.